The number of thiazole rings is 1. The van der Waals surface area contributed by atoms with Crippen LogP contribution in [0.4, 0.5) is 0 Å². The van der Waals surface area contributed by atoms with Crippen molar-refractivity contribution in [2.75, 3.05) is 6.54 Å². The fourth-order valence-corrected chi connectivity index (χ4v) is 2.73. The maximum atomic E-state index is 4.67. The molecule has 0 amide bonds. The summed E-state index contributed by atoms with van der Waals surface area (Å²) in [6.07, 6.45) is 2.79. The lowest BCUT2D eigenvalue weighted by Gasteiger charge is -1.99. The first-order valence-corrected chi connectivity index (χ1v) is 6.77. The van der Waals surface area contributed by atoms with Gasteiger partial charge in [0.25, 0.3) is 0 Å². The smallest absolute Gasteiger partial charge is 0.142 e. The van der Waals surface area contributed by atoms with Crippen molar-refractivity contribution >= 4 is 11.3 Å². The summed E-state index contributed by atoms with van der Waals surface area (Å²) in [7, 11) is 0. The van der Waals surface area contributed by atoms with Crippen LogP contribution in [0.1, 0.15) is 24.4 Å². The number of aryl methyl sites for hydroxylation is 1. The highest BCUT2D eigenvalue weighted by atomic mass is 32.1. The molecule has 0 fully saturated rings. The van der Waals surface area contributed by atoms with Gasteiger partial charge in [0.05, 0.1) is 11.4 Å². The quantitative estimate of drug-likeness (QED) is 0.883. The SMILES string of the molecule is CCNCc1sc(-c2ccccn2)nc1CC. The Morgan fingerprint density at radius 2 is 2.18 bits per heavy atom. The molecule has 0 spiro atoms. The number of pyridine rings is 1. The van der Waals surface area contributed by atoms with Crippen molar-refractivity contribution in [1.82, 2.24) is 15.3 Å². The van der Waals surface area contributed by atoms with Gasteiger partial charge in [-0.1, -0.05) is 19.9 Å². The number of aromatic nitrogens is 2. The van der Waals surface area contributed by atoms with Gasteiger partial charge in [0.1, 0.15) is 5.01 Å². The second-order valence-corrected chi connectivity index (χ2v) is 4.82. The van der Waals surface area contributed by atoms with Crippen molar-refractivity contribution in [2.24, 2.45) is 0 Å². The predicted molar refractivity (Wildman–Crippen MR) is 72.1 cm³/mol. The van der Waals surface area contributed by atoms with Gasteiger partial charge in [-0.15, -0.1) is 11.3 Å². The maximum Gasteiger partial charge on any atom is 0.142 e. The zero-order valence-corrected chi connectivity index (χ0v) is 11.0. The van der Waals surface area contributed by atoms with Crippen LogP contribution in [0.5, 0.6) is 0 Å². The largest absolute Gasteiger partial charge is 0.312 e. The highest BCUT2D eigenvalue weighted by Crippen LogP contribution is 2.26. The monoisotopic (exact) mass is 247 g/mol. The molecule has 2 heterocycles. The van der Waals surface area contributed by atoms with Gasteiger partial charge in [-0.3, -0.25) is 4.98 Å². The molecule has 0 atom stereocenters. The summed E-state index contributed by atoms with van der Waals surface area (Å²) in [6.45, 7) is 6.16. The predicted octanol–water partition coefficient (Wildman–Crippen LogP) is 2.88. The molecule has 3 nitrogen and oxygen atoms in total. The lowest BCUT2D eigenvalue weighted by Crippen LogP contribution is -2.11. The van der Waals surface area contributed by atoms with E-state index in [0.717, 1.165) is 30.2 Å². The minimum Gasteiger partial charge on any atom is -0.312 e. The Morgan fingerprint density at radius 3 is 2.82 bits per heavy atom. The zero-order valence-electron chi connectivity index (χ0n) is 10.2. The van der Waals surface area contributed by atoms with Crippen molar-refractivity contribution in [2.45, 2.75) is 26.8 Å². The second kappa shape index (κ2) is 5.89. The molecule has 0 aromatic carbocycles. The van der Waals surface area contributed by atoms with Crippen LogP contribution in [0, 0.1) is 0 Å². The van der Waals surface area contributed by atoms with E-state index < -0.39 is 0 Å². The average Bonchev–Trinajstić information content (AvgIpc) is 2.80. The number of rotatable bonds is 5. The van der Waals surface area contributed by atoms with Gasteiger partial charge in [-0.25, -0.2) is 4.98 Å². The fraction of sp³-hybridized carbons (Fsp3) is 0.385. The Bertz CT molecular complexity index is 465. The van der Waals surface area contributed by atoms with Crippen molar-refractivity contribution in [1.29, 1.82) is 0 Å². The minimum absolute atomic E-state index is 0.907. The molecule has 17 heavy (non-hydrogen) atoms. The first-order chi connectivity index (χ1) is 8.35. The Labute approximate surface area is 106 Å². The third-order valence-corrected chi connectivity index (χ3v) is 3.65. The summed E-state index contributed by atoms with van der Waals surface area (Å²) >= 11 is 1.74. The molecule has 0 unspecified atom stereocenters. The van der Waals surface area contributed by atoms with Crippen molar-refractivity contribution in [3.63, 3.8) is 0 Å². The summed E-state index contributed by atoms with van der Waals surface area (Å²) in [6, 6.07) is 5.94. The Kier molecular flexibility index (Phi) is 4.23. The molecule has 0 aliphatic heterocycles. The van der Waals surface area contributed by atoms with Gasteiger partial charge in [0.15, 0.2) is 0 Å². The standard InChI is InChI=1S/C13H17N3S/c1-3-10-12(9-14-4-2)17-13(16-10)11-7-5-6-8-15-11/h5-8,14H,3-4,9H2,1-2H3. The van der Waals surface area contributed by atoms with Crippen LogP contribution in [-0.4, -0.2) is 16.5 Å². The molecule has 1 N–H and O–H groups in total. The molecule has 0 saturated carbocycles. The van der Waals surface area contributed by atoms with Gasteiger partial charge in [0, 0.05) is 17.6 Å². The van der Waals surface area contributed by atoms with Crippen LogP contribution < -0.4 is 5.32 Å². The Morgan fingerprint density at radius 1 is 1.29 bits per heavy atom. The zero-order chi connectivity index (χ0) is 12.1. The number of hydrogen-bond acceptors (Lipinski definition) is 4. The molecule has 0 aliphatic carbocycles. The Balaban J connectivity index is 2.28. The molecule has 2 aromatic rings. The van der Waals surface area contributed by atoms with Gasteiger partial charge < -0.3 is 5.32 Å². The van der Waals surface area contributed by atoms with Gasteiger partial charge in [-0.05, 0) is 25.1 Å². The second-order valence-electron chi connectivity index (χ2n) is 3.74. The Hall–Kier alpha value is -1.26. The molecular weight excluding hydrogens is 230 g/mol. The highest BCUT2D eigenvalue weighted by Gasteiger charge is 2.11. The first-order valence-electron chi connectivity index (χ1n) is 5.95. The summed E-state index contributed by atoms with van der Waals surface area (Å²) < 4.78 is 0. The van der Waals surface area contributed by atoms with Crippen molar-refractivity contribution in [3.05, 3.63) is 35.0 Å². The summed E-state index contributed by atoms with van der Waals surface area (Å²) in [4.78, 5) is 10.3. The lowest BCUT2D eigenvalue weighted by atomic mass is 10.3. The molecule has 0 saturated heterocycles. The van der Waals surface area contributed by atoms with E-state index >= 15 is 0 Å². The molecule has 0 radical (unpaired) electrons. The van der Waals surface area contributed by atoms with E-state index in [2.05, 4.69) is 29.1 Å². The maximum absolute atomic E-state index is 4.67. The van der Waals surface area contributed by atoms with E-state index in [1.54, 1.807) is 11.3 Å². The number of nitrogens with one attached hydrogen (secondary N) is 1. The molecule has 90 valence electrons. The fourth-order valence-electron chi connectivity index (χ4n) is 1.64. The van der Waals surface area contributed by atoms with E-state index in [1.165, 1.54) is 10.6 Å². The van der Waals surface area contributed by atoms with E-state index in [0.29, 0.717) is 0 Å². The van der Waals surface area contributed by atoms with Crippen molar-refractivity contribution in [3.8, 4) is 10.7 Å². The van der Waals surface area contributed by atoms with Crippen molar-refractivity contribution < 1.29 is 0 Å². The first kappa shape index (κ1) is 12.2. The summed E-state index contributed by atoms with van der Waals surface area (Å²) in [5.74, 6) is 0. The molecule has 0 aliphatic rings. The van der Waals surface area contributed by atoms with Crippen LogP contribution in [0.2, 0.25) is 0 Å². The normalized spacial score (nSPS) is 10.7. The molecule has 4 heteroatoms. The lowest BCUT2D eigenvalue weighted by molar-refractivity contribution is 0.727. The molecule has 2 aromatic heterocycles. The van der Waals surface area contributed by atoms with Crippen LogP contribution in [-0.2, 0) is 13.0 Å². The topological polar surface area (TPSA) is 37.8 Å². The van der Waals surface area contributed by atoms with Crippen LogP contribution in [0.25, 0.3) is 10.7 Å². The molecule has 0 bridgehead atoms. The van der Waals surface area contributed by atoms with E-state index in [-0.39, 0.29) is 0 Å². The van der Waals surface area contributed by atoms with Crippen LogP contribution >= 0.6 is 11.3 Å². The van der Waals surface area contributed by atoms with Gasteiger partial charge in [-0.2, -0.15) is 0 Å². The van der Waals surface area contributed by atoms with E-state index in [1.807, 2.05) is 24.4 Å². The summed E-state index contributed by atoms with van der Waals surface area (Å²) in [5, 5.41) is 4.38. The number of nitrogens with zero attached hydrogens (tertiary/aromatic N) is 2. The van der Waals surface area contributed by atoms with Gasteiger partial charge >= 0.3 is 0 Å². The van der Waals surface area contributed by atoms with Gasteiger partial charge in [0.2, 0.25) is 0 Å². The average molecular weight is 247 g/mol. The van der Waals surface area contributed by atoms with E-state index in [4.69, 9.17) is 0 Å². The third-order valence-electron chi connectivity index (χ3n) is 2.53. The molecule has 2 rings (SSSR count). The van der Waals surface area contributed by atoms with E-state index in [9.17, 15) is 0 Å². The number of hydrogen-bond donors (Lipinski definition) is 1. The summed E-state index contributed by atoms with van der Waals surface area (Å²) in [5.41, 5.74) is 2.16. The van der Waals surface area contributed by atoms with Crippen LogP contribution in [0.15, 0.2) is 24.4 Å². The molecular formula is C13H17N3S. The van der Waals surface area contributed by atoms with Crippen LogP contribution in [0.3, 0.4) is 0 Å². The highest BCUT2D eigenvalue weighted by molar-refractivity contribution is 7.15. The third kappa shape index (κ3) is 2.90. The minimum atomic E-state index is 0.907.